The molecule has 0 aliphatic rings. The van der Waals surface area contributed by atoms with E-state index in [9.17, 15) is 0 Å². The topological polar surface area (TPSA) is 59.1 Å². The highest BCUT2D eigenvalue weighted by atomic mass is 79.9. The number of rotatable bonds is 2. The highest BCUT2D eigenvalue weighted by molar-refractivity contribution is 9.10. The third-order valence-electron chi connectivity index (χ3n) is 1.47. The van der Waals surface area contributed by atoms with E-state index in [1.165, 1.54) is 0 Å². The summed E-state index contributed by atoms with van der Waals surface area (Å²) in [5.41, 5.74) is 6.36. The van der Waals surface area contributed by atoms with Crippen molar-refractivity contribution in [2.45, 2.75) is 6.04 Å². The summed E-state index contributed by atoms with van der Waals surface area (Å²) in [6.45, 7) is -0.112. The molecule has 3 nitrogen and oxygen atoms in total. The van der Waals surface area contributed by atoms with E-state index in [2.05, 4.69) is 20.9 Å². The van der Waals surface area contributed by atoms with Crippen LogP contribution in [0.15, 0.2) is 16.7 Å². The van der Waals surface area contributed by atoms with Gasteiger partial charge in [0.05, 0.1) is 17.1 Å². The second-order valence-electron chi connectivity index (χ2n) is 2.29. The molecule has 5 heteroatoms. The smallest absolute Gasteiger partial charge is 0.143 e. The molecule has 0 aliphatic carbocycles. The van der Waals surface area contributed by atoms with E-state index in [0.29, 0.717) is 9.63 Å². The van der Waals surface area contributed by atoms with Crippen molar-refractivity contribution in [2.75, 3.05) is 6.61 Å². The van der Waals surface area contributed by atoms with Gasteiger partial charge in [-0.15, -0.1) is 0 Å². The minimum absolute atomic E-state index is 0.112. The number of aliphatic hydroxyl groups is 1. The fraction of sp³-hybridized carbons (Fsp3) is 0.286. The van der Waals surface area contributed by atoms with Crippen molar-refractivity contribution in [3.8, 4) is 0 Å². The molecule has 0 aliphatic heterocycles. The minimum Gasteiger partial charge on any atom is -0.394 e. The number of hydrogen-bond donors (Lipinski definition) is 2. The summed E-state index contributed by atoms with van der Waals surface area (Å²) in [7, 11) is 0. The van der Waals surface area contributed by atoms with Gasteiger partial charge in [-0.2, -0.15) is 0 Å². The molecule has 66 valence electrons. The summed E-state index contributed by atoms with van der Waals surface area (Å²) >= 11 is 8.96. The van der Waals surface area contributed by atoms with Crippen LogP contribution in [-0.2, 0) is 0 Å². The molecule has 1 aromatic rings. The Labute approximate surface area is 83.7 Å². The zero-order chi connectivity index (χ0) is 9.14. The Morgan fingerprint density at radius 3 is 3.00 bits per heavy atom. The van der Waals surface area contributed by atoms with Gasteiger partial charge in [0.25, 0.3) is 0 Å². The molecule has 0 aromatic carbocycles. The molecular formula is C7H8BrClN2O. The van der Waals surface area contributed by atoms with E-state index < -0.39 is 6.04 Å². The van der Waals surface area contributed by atoms with Crippen LogP contribution in [0.2, 0.25) is 5.15 Å². The van der Waals surface area contributed by atoms with E-state index in [4.69, 9.17) is 22.4 Å². The number of aliphatic hydroxyl groups excluding tert-OH is 1. The Bertz CT molecular complexity index is 282. The number of hydrogen-bond acceptors (Lipinski definition) is 3. The summed E-state index contributed by atoms with van der Waals surface area (Å²) in [5, 5.41) is 9.15. The van der Waals surface area contributed by atoms with Gasteiger partial charge in [-0.05, 0) is 27.6 Å². The van der Waals surface area contributed by atoms with Gasteiger partial charge in [0.1, 0.15) is 5.15 Å². The number of halogens is 2. The molecule has 0 spiro atoms. The Kier molecular flexibility index (Phi) is 3.46. The molecule has 1 heterocycles. The zero-order valence-corrected chi connectivity index (χ0v) is 8.51. The van der Waals surface area contributed by atoms with Crippen LogP contribution >= 0.6 is 27.5 Å². The van der Waals surface area contributed by atoms with E-state index in [1.807, 2.05) is 0 Å². The van der Waals surface area contributed by atoms with Crippen molar-refractivity contribution in [3.63, 3.8) is 0 Å². The molecule has 12 heavy (non-hydrogen) atoms. The lowest BCUT2D eigenvalue weighted by atomic mass is 10.1. The monoisotopic (exact) mass is 250 g/mol. The van der Waals surface area contributed by atoms with Crippen molar-refractivity contribution in [1.29, 1.82) is 0 Å². The molecule has 0 fully saturated rings. The number of pyridine rings is 1. The first-order valence-electron chi connectivity index (χ1n) is 3.33. The van der Waals surface area contributed by atoms with Crippen molar-refractivity contribution < 1.29 is 5.11 Å². The van der Waals surface area contributed by atoms with E-state index in [0.717, 1.165) is 5.56 Å². The quantitative estimate of drug-likeness (QED) is 0.783. The zero-order valence-electron chi connectivity index (χ0n) is 6.17. The fourth-order valence-corrected chi connectivity index (χ4v) is 1.51. The average Bonchev–Trinajstić information content (AvgIpc) is 2.08. The molecular weight excluding hydrogens is 243 g/mol. The van der Waals surface area contributed by atoms with Crippen LogP contribution < -0.4 is 5.73 Å². The maximum Gasteiger partial charge on any atom is 0.143 e. The van der Waals surface area contributed by atoms with E-state index in [-0.39, 0.29) is 6.61 Å². The molecule has 1 rings (SSSR count). The average molecular weight is 252 g/mol. The predicted octanol–water partition coefficient (Wildman–Crippen LogP) is 1.49. The molecule has 0 unspecified atom stereocenters. The maximum atomic E-state index is 8.79. The normalized spacial score (nSPS) is 13.0. The van der Waals surface area contributed by atoms with Crippen LogP contribution in [0.25, 0.3) is 0 Å². The fourth-order valence-electron chi connectivity index (χ4n) is 0.817. The second-order valence-corrected chi connectivity index (χ2v) is 3.45. The molecule has 1 atom stereocenters. The summed E-state index contributed by atoms with van der Waals surface area (Å²) in [6, 6.07) is 1.30. The van der Waals surface area contributed by atoms with Crippen LogP contribution in [0.1, 0.15) is 11.6 Å². The van der Waals surface area contributed by atoms with Crippen LogP contribution in [0.5, 0.6) is 0 Å². The highest BCUT2D eigenvalue weighted by Gasteiger charge is 2.10. The Morgan fingerprint density at radius 1 is 1.75 bits per heavy atom. The third-order valence-corrected chi connectivity index (χ3v) is 2.82. The van der Waals surface area contributed by atoms with Gasteiger partial charge in [-0.1, -0.05) is 11.6 Å². The maximum absolute atomic E-state index is 8.79. The van der Waals surface area contributed by atoms with Crippen molar-refractivity contribution >= 4 is 27.5 Å². The van der Waals surface area contributed by atoms with Crippen molar-refractivity contribution in [2.24, 2.45) is 5.73 Å². The van der Waals surface area contributed by atoms with Crippen LogP contribution in [0.3, 0.4) is 0 Å². The first-order chi connectivity index (χ1) is 5.66. The van der Waals surface area contributed by atoms with Gasteiger partial charge in [0, 0.05) is 6.20 Å². The summed E-state index contributed by atoms with van der Waals surface area (Å²) in [4.78, 5) is 3.84. The first-order valence-corrected chi connectivity index (χ1v) is 4.50. The summed E-state index contributed by atoms with van der Waals surface area (Å²) < 4.78 is 0.646. The van der Waals surface area contributed by atoms with E-state index >= 15 is 0 Å². The first kappa shape index (κ1) is 9.92. The highest BCUT2D eigenvalue weighted by Crippen LogP contribution is 2.27. The minimum atomic E-state index is -0.417. The van der Waals surface area contributed by atoms with Gasteiger partial charge in [-0.25, -0.2) is 4.98 Å². The Hall–Kier alpha value is -0.160. The standard InChI is InChI=1S/C7H8BrClN2O/c8-6-4(5(10)3-12)1-2-11-7(6)9/h1-2,5,12H,3,10H2/t5-/m0/s1. The van der Waals surface area contributed by atoms with Crippen LogP contribution in [0.4, 0.5) is 0 Å². The lowest BCUT2D eigenvalue weighted by molar-refractivity contribution is 0.267. The largest absolute Gasteiger partial charge is 0.394 e. The third kappa shape index (κ3) is 1.95. The van der Waals surface area contributed by atoms with Crippen LogP contribution in [0, 0.1) is 0 Å². The van der Waals surface area contributed by atoms with Crippen LogP contribution in [-0.4, -0.2) is 16.7 Å². The van der Waals surface area contributed by atoms with E-state index in [1.54, 1.807) is 12.3 Å². The molecule has 0 saturated carbocycles. The number of aromatic nitrogens is 1. The van der Waals surface area contributed by atoms with Crippen molar-refractivity contribution in [1.82, 2.24) is 4.98 Å². The molecule has 0 amide bonds. The molecule has 0 saturated heterocycles. The summed E-state index contributed by atoms with van der Waals surface area (Å²) in [5.74, 6) is 0. The number of nitrogens with two attached hydrogens (primary N) is 1. The molecule has 1 aromatic heterocycles. The Morgan fingerprint density at radius 2 is 2.42 bits per heavy atom. The van der Waals surface area contributed by atoms with Gasteiger partial charge < -0.3 is 10.8 Å². The molecule has 3 N–H and O–H groups in total. The second kappa shape index (κ2) is 4.18. The number of nitrogens with zero attached hydrogens (tertiary/aromatic N) is 1. The lowest BCUT2D eigenvalue weighted by Gasteiger charge is -2.10. The molecule has 0 radical (unpaired) electrons. The SMILES string of the molecule is N[C@@H](CO)c1ccnc(Cl)c1Br. The van der Waals surface area contributed by atoms with Gasteiger partial charge in [-0.3, -0.25) is 0 Å². The van der Waals surface area contributed by atoms with Gasteiger partial charge >= 0.3 is 0 Å². The predicted molar refractivity (Wildman–Crippen MR) is 51.0 cm³/mol. The van der Waals surface area contributed by atoms with Gasteiger partial charge in [0.15, 0.2) is 0 Å². The Balaban J connectivity index is 3.07. The van der Waals surface area contributed by atoms with Gasteiger partial charge in [0.2, 0.25) is 0 Å². The molecule has 0 bridgehead atoms. The summed E-state index contributed by atoms with van der Waals surface area (Å²) in [6.07, 6.45) is 1.55. The van der Waals surface area contributed by atoms with Crippen molar-refractivity contribution in [3.05, 3.63) is 27.5 Å². The lowest BCUT2D eigenvalue weighted by Crippen LogP contribution is -2.15.